The lowest BCUT2D eigenvalue weighted by Crippen LogP contribution is -2.48. The van der Waals surface area contributed by atoms with Crippen LogP contribution in [0.5, 0.6) is 0 Å². The number of nitrogens with one attached hydrogen (secondary N) is 1. The Balaban J connectivity index is 4.11. The number of hydrogen-bond donors (Lipinski definition) is 1. The second kappa shape index (κ2) is 9.18. The van der Waals surface area contributed by atoms with E-state index in [2.05, 4.69) is 5.32 Å². The van der Waals surface area contributed by atoms with Crippen molar-refractivity contribution in [2.45, 2.75) is 64.2 Å². The molecule has 0 aromatic rings. The van der Waals surface area contributed by atoms with Gasteiger partial charge in [0.1, 0.15) is 5.25 Å². The van der Waals surface area contributed by atoms with Crippen LogP contribution in [0, 0.1) is 0 Å². The molecule has 0 bridgehead atoms. The Hall–Kier alpha value is -0.910. The number of hydrogen-bond acceptors (Lipinski definition) is 3. The summed E-state index contributed by atoms with van der Waals surface area (Å²) >= 11 is 0. The zero-order valence-corrected chi connectivity index (χ0v) is 15.0. The van der Waals surface area contributed by atoms with Gasteiger partial charge in [-0.2, -0.15) is 0 Å². The first-order valence-electron chi connectivity index (χ1n) is 7.50. The third kappa shape index (κ3) is 8.19. The normalized spacial score (nSPS) is 14.4. The largest absolute Gasteiger partial charge is 0.350 e. The van der Waals surface area contributed by atoms with Gasteiger partial charge in [0.25, 0.3) is 0 Å². The van der Waals surface area contributed by atoms with Crippen LogP contribution >= 0.6 is 0 Å². The van der Waals surface area contributed by atoms with Crippen molar-refractivity contribution in [3.8, 4) is 0 Å². The zero-order valence-electron chi connectivity index (χ0n) is 14.2. The molecule has 6 heteroatoms. The van der Waals surface area contributed by atoms with Crippen LogP contribution in [-0.4, -0.2) is 51.6 Å². The molecule has 2 atom stereocenters. The maximum Gasteiger partial charge on any atom is 0.235 e. The summed E-state index contributed by atoms with van der Waals surface area (Å²) in [4.78, 5) is 25.0. The third-order valence-corrected chi connectivity index (χ3v) is 5.29. The quantitative estimate of drug-likeness (QED) is 0.658. The predicted octanol–water partition coefficient (Wildman–Crippen LogP) is 1.69. The molecule has 0 aromatic heterocycles. The molecule has 0 fully saturated rings. The average molecular weight is 318 g/mol. The topological polar surface area (TPSA) is 66.5 Å². The predicted molar refractivity (Wildman–Crippen MR) is 87.5 cm³/mol. The molecule has 0 aliphatic carbocycles. The lowest BCUT2D eigenvalue weighted by atomic mass is 10.0. The summed E-state index contributed by atoms with van der Waals surface area (Å²) in [6.07, 6.45) is 2.69. The molecular weight excluding hydrogens is 288 g/mol. The second-order valence-electron chi connectivity index (χ2n) is 6.20. The molecular formula is C15H30N2O3S. The Morgan fingerprint density at radius 2 is 1.81 bits per heavy atom. The van der Waals surface area contributed by atoms with Crippen LogP contribution in [0.15, 0.2) is 0 Å². The van der Waals surface area contributed by atoms with Gasteiger partial charge in [0.2, 0.25) is 11.8 Å². The van der Waals surface area contributed by atoms with E-state index < -0.39 is 16.0 Å². The molecule has 0 rings (SSSR count). The lowest BCUT2D eigenvalue weighted by molar-refractivity contribution is -0.128. The van der Waals surface area contributed by atoms with E-state index in [1.54, 1.807) is 25.9 Å². The number of nitrogens with zero attached hydrogens (tertiary/aromatic N) is 1. The zero-order chi connectivity index (χ0) is 16.6. The molecule has 0 aromatic carbocycles. The fourth-order valence-electron chi connectivity index (χ4n) is 1.56. The number of rotatable bonds is 9. The van der Waals surface area contributed by atoms with Crippen LogP contribution in [0.1, 0.15) is 53.4 Å². The van der Waals surface area contributed by atoms with Gasteiger partial charge < -0.3 is 10.2 Å². The standard InChI is InChI=1S/C15H30N2O3S/c1-7-15(3,4)16-14(19)12(2)21(20)11-9-8-10-13(18)17(5)6/h12H,7-11H2,1-6H3,(H,16,19)/t12-,21-/m1/s1. The van der Waals surface area contributed by atoms with Gasteiger partial charge >= 0.3 is 0 Å². The Labute approximate surface area is 131 Å². The van der Waals surface area contributed by atoms with Gasteiger partial charge in [-0.15, -0.1) is 0 Å². The van der Waals surface area contributed by atoms with E-state index in [9.17, 15) is 13.8 Å². The number of unbranched alkanes of at least 4 members (excludes halogenated alkanes) is 1. The summed E-state index contributed by atoms with van der Waals surface area (Å²) in [7, 11) is 2.26. The van der Waals surface area contributed by atoms with Crippen molar-refractivity contribution in [2.24, 2.45) is 0 Å². The maximum atomic E-state index is 12.1. The van der Waals surface area contributed by atoms with Gasteiger partial charge in [-0.1, -0.05) is 6.92 Å². The van der Waals surface area contributed by atoms with Gasteiger partial charge in [0, 0.05) is 42.6 Å². The molecule has 0 radical (unpaired) electrons. The van der Waals surface area contributed by atoms with Gasteiger partial charge in [0.05, 0.1) is 0 Å². The smallest absolute Gasteiger partial charge is 0.235 e. The van der Waals surface area contributed by atoms with E-state index in [-0.39, 0.29) is 17.4 Å². The van der Waals surface area contributed by atoms with Gasteiger partial charge in [0.15, 0.2) is 0 Å². The summed E-state index contributed by atoms with van der Waals surface area (Å²) in [5, 5.41) is 2.40. The van der Waals surface area contributed by atoms with Crippen LogP contribution in [0.3, 0.4) is 0 Å². The van der Waals surface area contributed by atoms with Crippen molar-refractivity contribution in [3.05, 3.63) is 0 Å². The summed E-state index contributed by atoms with van der Waals surface area (Å²) < 4.78 is 12.1. The molecule has 0 unspecified atom stereocenters. The van der Waals surface area contributed by atoms with E-state index in [4.69, 9.17) is 0 Å². The van der Waals surface area contributed by atoms with Crippen molar-refractivity contribution in [3.63, 3.8) is 0 Å². The molecule has 5 nitrogen and oxygen atoms in total. The molecule has 0 aliphatic rings. The number of carbonyl (C=O) groups is 2. The highest BCUT2D eigenvalue weighted by Crippen LogP contribution is 2.09. The van der Waals surface area contributed by atoms with E-state index >= 15 is 0 Å². The van der Waals surface area contributed by atoms with E-state index in [0.717, 1.165) is 6.42 Å². The summed E-state index contributed by atoms with van der Waals surface area (Å²) in [6, 6.07) is 0. The van der Waals surface area contributed by atoms with Crippen LogP contribution in [0.4, 0.5) is 0 Å². The minimum atomic E-state index is -1.19. The van der Waals surface area contributed by atoms with Crippen molar-refractivity contribution in [2.75, 3.05) is 19.8 Å². The monoisotopic (exact) mass is 318 g/mol. The molecule has 0 saturated carbocycles. The first-order valence-corrected chi connectivity index (χ1v) is 8.88. The molecule has 0 saturated heterocycles. The minimum absolute atomic E-state index is 0.0799. The lowest BCUT2D eigenvalue weighted by Gasteiger charge is -2.26. The third-order valence-electron chi connectivity index (χ3n) is 3.59. The molecule has 0 heterocycles. The molecule has 21 heavy (non-hydrogen) atoms. The van der Waals surface area contributed by atoms with Crippen LogP contribution in [-0.2, 0) is 20.4 Å². The molecule has 0 spiro atoms. The van der Waals surface area contributed by atoms with Crippen molar-refractivity contribution in [1.29, 1.82) is 0 Å². The maximum absolute atomic E-state index is 12.1. The molecule has 2 amide bonds. The minimum Gasteiger partial charge on any atom is -0.350 e. The number of amides is 2. The molecule has 1 N–H and O–H groups in total. The van der Waals surface area contributed by atoms with Crippen molar-refractivity contribution in [1.82, 2.24) is 10.2 Å². The van der Waals surface area contributed by atoms with Gasteiger partial charge in [-0.25, -0.2) is 0 Å². The fourth-order valence-corrected chi connectivity index (χ4v) is 2.70. The van der Waals surface area contributed by atoms with Crippen LogP contribution < -0.4 is 5.32 Å². The molecule has 124 valence electrons. The Kier molecular flexibility index (Phi) is 8.78. The summed E-state index contributed by atoms with van der Waals surface area (Å²) in [5.41, 5.74) is -0.270. The Morgan fingerprint density at radius 3 is 2.29 bits per heavy atom. The van der Waals surface area contributed by atoms with Crippen molar-refractivity contribution >= 4 is 22.6 Å². The molecule has 0 aliphatic heterocycles. The van der Waals surface area contributed by atoms with Crippen LogP contribution in [0.25, 0.3) is 0 Å². The summed E-state index contributed by atoms with van der Waals surface area (Å²) in [6.45, 7) is 7.60. The first-order chi connectivity index (χ1) is 9.60. The first kappa shape index (κ1) is 20.1. The van der Waals surface area contributed by atoms with E-state index in [1.165, 1.54) is 0 Å². The highest BCUT2D eigenvalue weighted by Gasteiger charge is 2.25. The average Bonchev–Trinajstić information content (AvgIpc) is 2.41. The fraction of sp³-hybridized carbons (Fsp3) is 0.867. The Morgan fingerprint density at radius 1 is 1.24 bits per heavy atom. The SMILES string of the molecule is CCC(C)(C)NC(=O)[C@@H](C)[S@](=O)CCCCC(=O)N(C)C. The van der Waals surface area contributed by atoms with Gasteiger partial charge in [-0.05, 0) is 40.0 Å². The highest BCUT2D eigenvalue weighted by molar-refractivity contribution is 7.86. The second-order valence-corrected chi connectivity index (χ2v) is 8.08. The van der Waals surface area contributed by atoms with E-state index in [1.807, 2.05) is 20.8 Å². The van der Waals surface area contributed by atoms with Gasteiger partial charge in [-0.3, -0.25) is 13.8 Å². The number of carbonyl (C=O) groups excluding carboxylic acids is 2. The van der Waals surface area contributed by atoms with E-state index in [0.29, 0.717) is 25.0 Å². The Bertz CT molecular complexity index is 381. The highest BCUT2D eigenvalue weighted by atomic mass is 32.2. The van der Waals surface area contributed by atoms with Crippen molar-refractivity contribution < 1.29 is 13.8 Å². The van der Waals surface area contributed by atoms with Crippen LogP contribution in [0.2, 0.25) is 0 Å². The summed E-state index contributed by atoms with van der Waals surface area (Å²) in [5.74, 6) is 0.378.